The van der Waals surface area contributed by atoms with Crippen molar-refractivity contribution in [2.45, 2.75) is 18.9 Å². The minimum Gasteiger partial charge on any atom is -0.491 e. The number of rotatable bonds is 1. The van der Waals surface area contributed by atoms with E-state index >= 15 is 0 Å². The normalized spacial score (nSPS) is 18.9. The SMILES string of the molecule is O=C1CC(C(=O)N2CCOc3ccc(Cl)cc3C2)c2cc(F)ccc2N1. The Morgan fingerprint density at radius 1 is 1.27 bits per heavy atom. The van der Waals surface area contributed by atoms with Gasteiger partial charge in [0.2, 0.25) is 11.8 Å². The zero-order valence-electron chi connectivity index (χ0n) is 13.8. The second-order valence-corrected chi connectivity index (χ2v) is 6.83. The lowest BCUT2D eigenvalue weighted by Gasteiger charge is -2.29. The highest BCUT2D eigenvalue weighted by molar-refractivity contribution is 6.30. The lowest BCUT2D eigenvalue weighted by Crippen LogP contribution is -2.39. The van der Waals surface area contributed by atoms with E-state index in [-0.39, 0.29) is 18.2 Å². The van der Waals surface area contributed by atoms with Crippen LogP contribution in [0.1, 0.15) is 23.5 Å². The summed E-state index contributed by atoms with van der Waals surface area (Å²) >= 11 is 6.06. The lowest BCUT2D eigenvalue weighted by atomic mass is 9.89. The molecule has 2 aromatic rings. The predicted molar refractivity (Wildman–Crippen MR) is 94.8 cm³/mol. The Morgan fingerprint density at radius 3 is 2.96 bits per heavy atom. The molecule has 2 amide bonds. The third kappa shape index (κ3) is 3.12. The molecule has 0 aliphatic carbocycles. The van der Waals surface area contributed by atoms with Crippen LogP contribution in [0.2, 0.25) is 5.02 Å². The number of nitrogens with zero attached hydrogens (tertiary/aromatic N) is 1. The first kappa shape index (κ1) is 16.8. The number of carbonyl (C=O) groups excluding carboxylic acids is 2. The van der Waals surface area contributed by atoms with Crippen LogP contribution in [0, 0.1) is 5.82 Å². The molecule has 0 radical (unpaired) electrons. The number of carbonyl (C=O) groups is 2. The van der Waals surface area contributed by atoms with Gasteiger partial charge in [-0.3, -0.25) is 9.59 Å². The number of fused-ring (bicyclic) bond motifs is 2. The van der Waals surface area contributed by atoms with Gasteiger partial charge in [-0.25, -0.2) is 4.39 Å². The second-order valence-electron chi connectivity index (χ2n) is 6.40. The van der Waals surface area contributed by atoms with Gasteiger partial charge in [-0.15, -0.1) is 0 Å². The molecule has 5 nitrogen and oxygen atoms in total. The van der Waals surface area contributed by atoms with Gasteiger partial charge in [-0.05, 0) is 42.0 Å². The first-order valence-corrected chi connectivity index (χ1v) is 8.68. The van der Waals surface area contributed by atoms with E-state index < -0.39 is 11.7 Å². The summed E-state index contributed by atoms with van der Waals surface area (Å²) in [6.45, 7) is 1.06. The van der Waals surface area contributed by atoms with Crippen LogP contribution in [-0.2, 0) is 16.1 Å². The summed E-state index contributed by atoms with van der Waals surface area (Å²) in [6.07, 6.45) is -0.00491. The zero-order valence-corrected chi connectivity index (χ0v) is 14.6. The van der Waals surface area contributed by atoms with Crippen LogP contribution < -0.4 is 10.1 Å². The van der Waals surface area contributed by atoms with Crippen LogP contribution in [0.4, 0.5) is 10.1 Å². The molecule has 0 saturated carbocycles. The molecule has 4 rings (SSSR count). The topological polar surface area (TPSA) is 58.6 Å². The van der Waals surface area contributed by atoms with E-state index in [1.165, 1.54) is 18.2 Å². The van der Waals surface area contributed by atoms with E-state index in [2.05, 4.69) is 5.32 Å². The Hall–Kier alpha value is -2.60. The molecule has 2 aliphatic heterocycles. The highest BCUT2D eigenvalue weighted by Crippen LogP contribution is 2.35. The van der Waals surface area contributed by atoms with Crippen molar-refractivity contribution in [3.63, 3.8) is 0 Å². The highest BCUT2D eigenvalue weighted by Gasteiger charge is 2.34. The minimum atomic E-state index is -0.713. The molecule has 0 bridgehead atoms. The maximum absolute atomic E-state index is 13.7. The standard InChI is InChI=1S/C19H16ClFN2O3/c20-12-1-4-17-11(7-12)10-23(5-6-26-17)19(25)15-9-18(24)22-16-3-2-13(21)8-14(15)16/h1-4,7-8,15H,5-6,9-10H2,(H,22,24). The van der Waals surface area contributed by atoms with Crippen molar-refractivity contribution >= 4 is 29.1 Å². The first-order chi connectivity index (χ1) is 12.5. The number of nitrogens with one attached hydrogen (secondary N) is 1. The molecule has 2 aliphatic rings. The predicted octanol–water partition coefficient (Wildman–Crippen LogP) is 3.33. The molecule has 0 saturated heterocycles. The Kier molecular flexibility index (Phi) is 4.28. The summed E-state index contributed by atoms with van der Waals surface area (Å²) in [7, 11) is 0. The molecular weight excluding hydrogens is 359 g/mol. The third-order valence-corrected chi connectivity index (χ3v) is 4.90. The Morgan fingerprint density at radius 2 is 2.12 bits per heavy atom. The van der Waals surface area contributed by atoms with Gasteiger partial charge in [0.15, 0.2) is 0 Å². The van der Waals surface area contributed by atoms with Gasteiger partial charge in [-0.2, -0.15) is 0 Å². The van der Waals surface area contributed by atoms with Gasteiger partial charge < -0.3 is 15.0 Å². The largest absolute Gasteiger partial charge is 0.491 e. The quantitative estimate of drug-likeness (QED) is 0.833. The highest BCUT2D eigenvalue weighted by atomic mass is 35.5. The third-order valence-electron chi connectivity index (χ3n) is 4.66. The summed E-state index contributed by atoms with van der Waals surface area (Å²) in [5.41, 5.74) is 1.80. The second kappa shape index (κ2) is 6.61. The molecule has 0 aromatic heterocycles. The van der Waals surface area contributed by atoms with Gasteiger partial charge >= 0.3 is 0 Å². The molecule has 0 spiro atoms. The Bertz CT molecular complexity index is 902. The van der Waals surface area contributed by atoms with E-state index in [1.54, 1.807) is 23.1 Å². The first-order valence-electron chi connectivity index (χ1n) is 8.30. The molecule has 134 valence electrons. The molecule has 2 aromatic carbocycles. The lowest BCUT2D eigenvalue weighted by molar-refractivity contribution is -0.135. The van der Waals surface area contributed by atoms with E-state index in [0.717, 1.165) is 5.56 Å². The van der Waals surface area contributed by atoms with Crippen molar-refractivity contribution in [3.05, 3.63) is 58.4 Å². The van der Waals surface area contributed by atoms with Crippen molar-refractivity contribution in [3.8, 4) is 5.75 Å². The van der Waals surface area contributed by atoms with Crippen molar-refractivity contribution in [2.24, 2.45) is 0 Å². The number of hydrogen-bond donors (Lipinski definition) is 1. The fourth-order valence-electron chi connectivity index (χ4n) is 3.42. The van der Waals surface area contributed by atoms with Crippen LogP contribution in [0.25, 0.3) is 0 Å². The number of amides is 2. The maximum atomic E-state index is 13.7. The van der Waals surface area contributed by atoms with Crippen molar-refractivity contribution < 1.29 is 18.7 Å². The summed E-state index contributed by atoms with van der Waals surface area (Å²) in [6, 6.07) is 9.36. The summed E-state index contributed by atoms with van der Waals surface area (Å²) in [4.78, 5) is 26.8. The van der Waals surface area contributed by atoms with Crippen LogP contribution >= 0.6 is 11.6 Å². The van der Waals surface area contributed by atoms with Crippen LogP contribution in [0.15, 0.2) is 36.4 Å². The number of halogens is 2. The molecular formula is C19H16ClFN2O3. The maximum Gasteiger partial charge on any atom is 0.231 e. The van der Waals surface area contributed by atoms with Gasteiger partial charge in [-0.1, -0.05) is 11.6 Å². The average molecular weight is 375 g/mol. The van der Waals surface area contributed by atoms with Gasteiger partial charge in [0, 0.05) is 29.2 Å². The average Bonchev–Trinajstić information content (AvgIpc) is 2.82. The molecule has 26 heavy (non-hydrogen) atoms. The molecule has 1 atom stereocenters. The van der Waals surface area contributed by atoms with Gasteiger partial charge in [0.1, 0.15) is 18.2 Å². The number of benzene rings is 2. The minimum absolute atomic E-state index is 0.00491. The monoisotopic (exact) mass is 374 g/mol. The van der Waals surface area contributed by atoms with E-state index in [0.29, 0.717) is 41.7 Å². The number of anilines is 1. The van der Waals surface area contributed by atoms with Crippen molar-refractivity contribution in [1.82, 2.24) is 4.90 Å². The number of hydrogen-bond acceptors (Lipinski definition) is 3. The molecule has 7 heteroatoms. The summed E-state index contributed by atoms with van der Waals surface area (Å²) in [5, 5.41) is 3.25. The summed E-state index contributed by atoms with van der Waals surface area (Å²) < 4.78 is 19.4. The van der Waals surface area contributed by atoms with Crippen LogP contribution in [0.3, 0.4) is 0 Å². The van der Waals surface area contributed by atoms with E-state index in [1.807, 2.05) is 0 Å². The van der Waals surface area contributed by atoms with Crippen molar-refractivity contribution in [1.29, 1.82) is 0 Å². The van der Waals surface area contributed by atoms with Crippen LogP contribution in [-0.4, -0.2) is 29.9 Å². The Balaban J connectivity index is 1.65. The smallest absolute Gasteiger partial charge is 0.231 e. The molecule has 0 fully saturated rings. The van der Waals surface area contributed by atoms with Crippen molar-refractivity contribution in [2.75, 3.05) is 18.5 Å². The zero-order chi connectivity index (χ0) is 18.3. The van der Waals surface area contributed by atoms with Crippen LogP contribution in [0.5, 0.6) is 5.75 Å². The Labute approximate surface area is 154 Å². The van der Waals surface area contributed by atoms with E-state index in [4.69, 9.17) is 16.3 Å². The fraction of sp³-hybridized carbons (Fsp3) is 0.263. The van der Waals surface area contributed by atoms with Gasteiger partial charge in [0.05, 0.1) is 12.5 Å². The summed E-state index contributed by atoms with van der Waals surface area (Å²) in [5.74, 6) is -0.929. The molecule has 1 unspecified atom stereocenters. The fourth-order valence-corrected chi connectivity index (χ4v) is 3.62. The van der Waals surface area contributed by atoms with E-state index in [9.17, 15) is 14.0 Å². The molecule has 2 heterocycles. The number of ether oxygens (including phenoxy) is 1. The molecule has 1 N–H and O–H groups in total. The van der Waals surface area contributed by atoms with Gasteiger partial charge in [0.25, 0.3) is 0 Å².